The summed E-state index contributed by atoms with van der Waals surface area (Å²) in [5, 5.41) is 20.2. The summed E-state index contributed by atoms with van der Waals surface area (Å²) in [7, 11) is 0.206. The summed E-state index contributed by atoms with van der Waals surface area (Å²) < 4.78 is 27.3. The van der Waals surface area contributed by atoms with Crippen molar-refractivity contribution in [3.8, 4) is 11.8 Å². The summed E-state index contributed by atoms with van der Waals surface area (Å²) >= 11 is 0. The maximum Gasteiger partial charge on any atom is 0.258 e. The van der Waals surface area contributed by atoms with E-state index < -0.39 is 22.7 Å². The van der Waals surface area contributed by atoms with Crippen molar-refractivity contribution in [3.63, 3.8) is 0 Å². The summed E-state index contributed by atoms with van der Waals surface area (Å²) in [5.41, 5.74) is 2.28. The Balaban J connectivity index is 0.00000187. The first-order chi connectivity index (χ1) is 15.7. The van der Waals surface area contributed by atoms with Crippen LogP contribution in [0.25, 0.3) is 6.08 Å². The third kappa shape index (κ3) is 4.81. The van der Waals surface area contributed by atoms with Crippen LogP contribution in [0.15, 0.2) is 29.8 Å². The molecule has 1 amide bonds. The highest BCUT2D eigenvalue weighted by Gasteiger charge is 2.37. The van der Waals surface area contributed by atoms with E-state index in [1.807, 2.05) is 19.9 Å². The van der Waals surface area contributed by atoms with Crippen LogP contribution in [0.4, 0.5) is 15.8 Å². The molecule has 2 aromatic rings. The van der Waals surface area contributed by atoms with Crippen molar-refractivity contribution < 1.29 is 18.5 Å². The largest absolute Gasteiger partial charge is 0.505 e. The Bertz CT molecular complexity index is 1190. The van der Waals surface area contributed by atoms with Gasteiger partial charge in [0.05, 0.1) is 22.9 Å². The molecule has 0 aliphatic carbocycles. The predicted octanol–water partition coefficient (Wildman–Crippen LogP) is 4.68. The van der Waals surface area contributed by atoms with Crippen LogP contribution in [0.3, 0.4) is 0 Å². The van der Waals surface area contributed by atoms with Gasteiger partial charge in [-0.15, -0.1) is 0 Å². The fraction of sp³-hybridized carbons (Fsp3) is 0.292. The molecule has 0 spiro atoms. The van der Waals surface area contributed by atoms with E-state index >= 15 is 0 Å². The molecular formula is C24H27FN4O3S. The van der Waals surface area contributed by atoms with E-state index in [1.54, 1.807) is 14.0 Å². The zero-order chi connectivity index (χ0) is 24.9. The van der Waals surface area contributed by atoms with Crippen molar-refractivity contribution in [2.45, 2.75) is 33.9 Å². The molecular weight excluding hydrogens is 443 g/mol. The maximum atomic E-state index is 13.5. The molecule has 1 N–H and O–H groups in total. The topological polar surface area (TPSA) is 97.0 Å². The second-order valence-electron chi connectivity index (χ2n) is 6.90. The Kier molecular flexibility index (Phi) is 8.49. The van der Waals surface area contributed by atoms with E-state index in [0.717, 1.165) is 6.07 Å². The molecule has 0 bridgehead atoms. The molecule has 33 heavy (non-hydrogen) atoms. The SMILES string of the molecule is C=Cc1c(N=CC)c(O)c2c(c1N(C)S(C)=O)CN(Cc1ccc(F)cc1C#N)C2=O.CC. The Morgan fingerprint density at radius 2 is 2.09 bits per heavy atom. The minimum absolute atomic E-state index is 0.0459. The summed E-state index contributed by atoms with van der Waals surface area (Å²) in [4.78, 5) is 18.9. The first kappa shape index (κ1) is 25.7. The highest BCUT2D eigenvalue weighted by molar-refractivity contribution is 7.85. The van der Waals surface area contributed by atoms with Crippen molar-refractivity contribution in [1.82, 2.24) is 4.90 Å². The molecule has 3 rings (SSSR count). The number of hydrogen-bond donors (Lipinski definition) is 1. The van der Waals surface area contributed by atoms with Gasteiger partial charge in [0.2, 0.25) is 0 Å². The second-order valence-corrected chi connectivity index (χ2v) is 8.30. The number of aromatic hydroxyl groups is 1. The third-order valence-electron chi connectivity index (χ3n) is 5.13. The molecule has 0 aromatic heterocycles. The molecule has 2 aromatic carbocycles. The van der Waals surface area contributed by atoms with E-state index in [9.17, 15) is 23.8 Å². The Hall–Kier alpha value is -3.51. The number of amides is 1. The molecule has 0 fully saturated rings. The normalized spacial score (nSPS) is 13.2. The number of nitriles is 1. The number of hydrogen-bond acceptors (Lipinski definition) is 5. The number of halogens is 1. The maximum absolute atomic E-state index is 13.5. The van der Waals surface area contributed by atoms with Crippen LogP contribution >= 0.6 is 0 Å². The van der Waals surface area contributed by atoms with Gasteiger partial charge in [-0.25, -0.2) is 8.60 Å². The van der Waals surface area contributed by atoms with Crippen LogP contribution in [-0.2, 0) is 24.1 Å². The monoisotopic (exact) mass is 470 g/mol. The number of rotatable bonds is 6. The average molecular weight is 471 g/mol. The van der Waals surface area contributed by atoms with Gasteiger partial charge in [-0.2, -0.15) is 5.26 Å². The standard InChI is InChI=1S/C22H21FN4O3S.C2H6/c1-5-16-19(25-6-2)21(28)18-17(20(16)26(3)31(4)30)12-27(22(18)29)11-13-7-8-15(23)9-14(13)10-24;1-2/h5-9,28H,1,11-12H2,2-4H3;1-2H3. The molecule has 0 saturated carbocycles. The van der Waals surface area contributed by atoms with Gasteiger partial charge >= 0.3 is 0 Å². The number of benzene rings is 2. The van der Waals surface area contributed by atoms with Crippen LogP contribution in [0.2, 0.25) is 0 Å². The number of aliphatic imine (C=N–C) groups is 1. The van der Waals surface area contributed by atoms with Gasteiger partial charge in [0.15, 0.2) is 5.75 Å². The van der Waals surface area contributed by atoms with Gasteiger partial charge in [0, 0.05) is 43.7 Å². The lowest BCUT2D eigenvalue weighted by Gasteiger charge is -2.23. The van der Waals surface area contributed by atoms with Crippen molar-refractivity contribution in [2.75, 3.05) is 17.6 Å². The number of fused-ring (bicyclic) bond motifs is 1. The number of carbonyl (C=O) groups excluding carboxylic acids is 1. The number of nitrogens with zero attached hydrogens (tertiary/aromatic N) is 4. The summed E-state index contributed by atoms with van der Waals surface area (Å²) in [6.07, 6.45) is 4.49. The average Bonchev–Trinajstić information content (AvgIpc) is 3.13. The van der Waals surface area contributed by atoms with Crippen LogP contribution in [0.5, 0.6) is 5.75 Å². The van der Waals surface area contributed by atoms with Gasteiger partial charge in [-0.3, -0.25) is 14.1 Å². The summed E-state index contributed by atoms with van der Waals surface area (Å²) in [5.74, 6) is -1.28. The Labute approximate surface area is 196 Å². The first-order valence-electron chi connectivity index (χ1n) is 10.3. The fourth-order valence-corrected chi connectivity index (χ4v) is 4.12. The molecule has 1 atom stereocenters. The molecule has 0 radical (unpaired) electrons. The smallest absolute Gasteiger partial charge is 0.258 e. The molecule has 1 aliphatic rings. The lowest BCUT2D eigenvalue weighted by atomic mass is 9.99. The Morgan fingerprint density at radius 1 is 1.42 bits per heavy atom. The quantitative estimate of drug-likeness (QED) is 0.620. The second kappa shape index (κ2) is 10.9. The van der Waals surface area contributed by atoms with Crippen molar-refractivity contribution in [1.29, 1.82) is 5.26 Å². The number of phenols is 1. The summed E-state index contributed by atoms with van der Waals surface area (Å²) in [6.45, 7) is 9.63. The van der Waals surface area contributed by atoms with Crippen LogP contribution in [0, 0.1) is 17.1 Å². The van der Waals surface area contributed by atoms with E-state index in [2.05, 4.69) is 11.6 Å². The Morgan fingerprint density at radius 3 is 2.64 bits per heavy atom. The van der Waals surface area contributed by atoms with E-state index in [4.69, 9.17) is 0 Å². The van der Waals surface area contributed by atoms with E-state index in [0.29, 0.717) is 22.4 Å². The third-order valence-corrected chi connectivity index (χ3v) is 6.08. The summed E-state index contributed by atoms with van der Waals surface area (Å²) in [6, 6.07) is 5.74. The fourth-order valence-electron chi connectivity index (χ4n) is 3.65. The van der Waals surface area contributed by atoms with Crippen LogP contribution < -0.4 is 4.31 Å². The van der Waals surface area contributed by atoms with Gasteiger partial charge in [0.1, 0.15) is 22.5 Å². The van der Waals surface area contributed by atoms with E-state index in [1.165, 1.54) is 39.9 Å². The van der Waals surface area contributed by atoms with Crippen molar-refractivity contribution >= 4 is 40.6 Å². The lowest BCUT2D eigenvalue weighted by molar-refractivity contribution is 0.0764. The number of anilines is 1. The first-order valence-corrected chi connectivity index (χ1v) is 11.8. The minimum atomic E-state index is -1.42. The molecule has 174 valence electrons. The molecule has 1 heterocycles. The van der Waals surface area contributed by atoms with Gasteiger partial charge in [-0.1, -0.05) is 32.6 Å². The van der Waals surface area contributed by atoms with Crippen LogP contribution in [-0.4, -0.2) is 39.6 Å². The lowest BCUT2D eigenvalue weighted by Crippen LogP contribution is -2.24. The molecule has 9 heteroatoms. The highest BCUT2D eigenvalue weighted by atomic mass is 32.2. The van der Waals surface area contributed by atoms with E-state index in [-0.39, 0.29) is 35.7 Å². The van der Waals surface area contributed by atoms with Crippen molar-refractivity contribution in [2.24, 2.45) is 4.99 Å². The number of carbonyl (C=O) groups is 1. The highest BCUT2D eigenvalue weighted by Crippen LogP contribution is 2.48. The molecule has 1 unspecified atom stereocenters. The molecule has 7 nitrogen and oxygen atoms in total. The van der Waals surface area contributed by atoms with Gasteiger partial charge < -0.3 is 10.0 Å². The van der Waals surface area contributed by atoms with Gasteiger partial charge in [-0.05, 0) is 24.6 Å². The molecule has 1 aliphatic heterocycles. The van der Waals surface area contributed by atoms with Crippen molar-refractivity contribution in [3.05, 3.63) is 58.4 Å². The van der Waals surface area contributed by atoms with Gasteiger partial charge in [0.25, 0.3) is 5.91 Å². The number of phenolic OH excluding ortho intramolecular Hbond substituents is 1. The zero-order valence-electron chi connectivity index (χ0n) is 19.3. The predicted molar refractivity (Wildman–Crippen MR) is 131 cm³/mol. The zero-order valence-corrected chi connectivity index (χ0v) is 20.2. The van der Waals surface area contributed by atoms with Crippen LogP contribution in [0.1, 0.15) is 53.4 Å². The minimum Gasteiger partial charge on any atom is -0.505 e. The molecule has 0 saturated heterocycles.